The van der Waals surface area contributed by atoms with Crippen LogP contribution in [0.15, 0.2) is 22.7 Å². The predicted octanol–water partition coefficient (Wildman–Crippen LogP) is 4.20. The second-order valence-corrected chi connectivity index (χ2v) is 5.51. The van der Waals surface area contributed by atoms with Crippen molar-refractivity contribution in [3.8, 4) is 0 Å². The lowest BCUT2D eigenvalue weighted by molar-refractivity contribution is 0.0572. The van der Waals surface area contributed by atoms with Crippen LogP contribution in [-0.4, -0.2) is 35.7 Å². The van der Waals surface area contributed by atoms with E-state index in [1.54, 1.807) is 6.07 Å². The molecule has 0 atom stereocenters. The number of amides is 1. The Morgan fingerprint density at radius 1 is 1.44 bits per heavy atom. The largest absolute Gasteiger partial charge is 0.332 e. The van der Waals surface area contributed by atoms with E-state index in [0.29, 0.717) is 20.4 Å². The predicted molar refractivity (Wildman–Crippen MR) is 74.9 cm³/mol. The molecular formula is C11H10Br2ClF2NO. The van der Waals surface area contributed by atoms with E-state index in [9.17, 15) is 13.6 Å². The van der Waals surface area contributed by atoms with Gasteiger partial charge in [-0.15, -0.1) is 0 Å². The van der Waals surface area contributed by atoms with Crippen LogP contribution in [0, 0.1) is 0 Å². The van der Waals surface area contributed by atoms with Crippen LogP contribution in [0.2, 0.25) is 5.02 Å². The van der Waals surface area contributed by atoms with Crippen LogP contribution in [0.1, 0.15) is 10.4 Å². The van der Waals surface area contributed by atoms with Crippen LogP contribution in [0.3, 0.4) is 0 Å². The normalized spacial score (nSPS) is 10.8. The highest BCUT2D eigenvalue weighted by Crippen LogP contribution is 2.24. The fourth-order valence-electron chi connectivity index (χ4n) is 1.36. The molecular weight excluding hydrogens is 395 g/mol. The number of hydrogen-bond acceptors (Lipinski definition) is 1. The summed E-state index contributed by atoms with van der Waals surface area (Å²) in [4.78, 5) is 13.1. The van der Waals surface area contributed by atoms with Crippen molar-refractivity contribution in [2.75, 3.05) is 18.4 Å². The van der Waals surface area contributed by atoms with Crippen molar-refractivity contribution < 1.29 is 13.6 Å². The van der Waals surface area contributed by atoms with Gasteiger partial charge in [-0.3, -0.25) is 4.79 Å². The minimum atomic E-state index is -2.55. The number of carbonyl (C=O) groups excluding carboxylic acids is 1. The summed E-state index contributed by atoms with van der Waals surface area (Å²) in [6.07, 6.45) is -2.55. The Labute approximate surface area is 126 Å². The highest BCUT2D eigenvalue weighted by atomic mass is 79.9. The zero-order valence-electron chi connectivity index (χ0n) is 9.18. The van der Waals surface area contributed by atoms with Crippen LogP contribution in [0.4, 0.5) is 8.78 Å². The van der Waals surface area contributed by atoms with Crippen LogP contribution in [0.25, 0.3) is 0 Å². The van der Waals surface area contributed by atoms with E-state index in [1.165, 1.54) is 12.1 Å². The smallest absolute Gasteiger partial charge is 0.255 e. The standard InChI is InChI=1S/C11H10Br2ClF2NO/c12-3-4-17(6-10(15)16)11(18)7-1-2-9(14)8(13)5-7/h1-2,5,10H,3-4,6H2. The first-order valence-electron chi connectivity index (χ1n) is 5.04. The Morgan fingerprint density at radius 2 is 2.11 bits per heavy atom. The maximum Gasteiger partial charge on any atom is 0.255 e. The molecule has 0 aliphatic carbocycles. The summed E-state index contributed by atoms with van der Waals surface area (Å²) in [7, 11) is 0. The van der Waals surface area contributed by atoms with Crippen LogP contribution in [0.5, 0.6) is 0 Å². The zero-order chi connectivity index (χ0) is 13.7. The third-order valence-corrected chi connectivity index (χ3v) is 3.74. The number of benzene rings is 1. The maximum atomic E-state index is 12.4. The first kappa shape index (κ1) is 15.9. The second-order valence-electron chi connectivity index (χ2n) is 3.46. The molecule has 1 aromatic carbocycles. The van der Waals surface area contributed by atoms with Crippen molar-refractivity contribution in [1.82, 2.24) is 4.90 Å². The van der Waals surface area contributed by atoms with Gasteiger partial charge >= 0.3 is 0 Å². The topological polar surface area (TPSA) is 20.3 Å². The second kappa shape index (κ2) is 7.40. The Bertz CT molecular complexity index is 432. The van der Waals surface area contributed by atoms with Crippen molar-refractivity contribution in [1.29, 1.82) is 0 Å². The van der Waals surface area contributed by atoms with Crippen LogP contribution >= 0.6 is 43.5 Å². The number of hydrogen-bond donors (Lipinski definition) is 0. The lowest BCUT2D eigenvalue weighted by Gasteiger charge is -2.21. The van der Waals surface area contributed by atoms with Gasteiger partial charge < -0.3 is 4.90 Å². The molecule has 0 N–H and O–H groups in total. The van der Waals surface area contributed by atoms with Gasteiger partial charge in [0.1, 0.15) is 0 Å². The molecule has 1 aromatic rings. The van der Waals surface area contributed by atoms with Gasteiger partial charge in [-0.25, -0.2) is 8.78 Å². The summed E-state index contributed by atoms with van der Waals surface area (Å²) in [6, 6.07) is 4.59. The molecule has 2 nitrogen and oxygen atoms in total. The Hall–Kier alpha value is -0.200. The van der Waals surface area contributed by atoms with Crippen molar-refractivity contribution in [3.63, 3.8) is 0 Å². The average Bonchev–Trinajstić information content (AvgIpc) is 2.31. The summed E-state index contributed by atoms with van der Waals surface area (Å²) < 4.78 is 25.3. The monoisotopic (exact) mass is 403 g/mol. The third kappa shape index (κ3) is 4.48. The minimum Gasteiger partial charge on any atom is -0.332 e. The van der Waals surface area contributed by atoms with E-state index >= 15 is 0 Å². The van der Waals surface area contributed by atoms with Gasteiger partial charge in [0.05, 0.1) is 11.6 Å². The molecule has 0 fully saturated rings. The SMILES string of the molecule is O=C(c1ccc(Cl)c(Br)c1)N(CCBr)CC(F)F. The number of rotatable bonds is 5. The molecule has 100 valence electrons. The molecule has 0 aromatic heterocycles. The van der Waals surface area contributed by atoms with Gasteiger partial charge in [0, 0.05) is 21.9 Å². The van der Waals surface area contributed by atoms with E-state index in [1.807, 2.05) is 0 Å². The highest BCUT2D eigenvalue weighted by Gasteiger charge is 2.19. The van der Waals surface area contributed by atoms with Crippen molar-refractivity contribution in [2.24, 2.45) is 0 Å². The average molecular weight is 405 g/mol. The first-order valence-corrected chi connectivity index (χ1v) is 7.33. The van der Waals surface area contributed by atoms with E-state index in [-0.39, 0.29) is 6.54 Å². The molecule has 0 saturated heterocycles. The van der Waals surface area contributed by atoms with E-state index < -0.39 is 18.9 Å². The molecule has 18 heavy (non-hydrogen) atoms. The lowest BCUT2D eigenvalue weighted by atomic mass is 10.2. The van der Waals surface area contributed by atoms with Gasteiger partial charge in [-0.2, -0.15) is 0 Å². The van der Waals surface area contributed by atoms with Gasteiger partial charge in [-0.1, -0.05) is 27.5 Å². The molecule has 0 aliphatic heterocycles. The van der Waals surface area contributed by atoms with E-state index in [4.69, 9.17) is 11.6 Å². The quantitative estimate of drug-likeness (QED) is 0.673. The summed E-state index contributed by atoms with van der Waals surface area (Å²) in [5.74, 6) is -0.438. The lowest BCUT2D eigenvalue weighted by Crippen LogP contribution is -2.36. The summed E-state index contributed by atoms with van der Waals surface area (Å²) in [5, 5.41) is 0.910. The molecule has 0 unspecified atom stereocenters. The van der Waals surface area contributed by atoms with Gasteiger partial charge in [0.2, 0.25) is 0 Å². The Balaban J connectivity index is 2.90. The first-order chi connectivity index (χ1) is 8.45. The fraction of sp³-hybridized carbons (Fsp3) is 0.364. The molecule has 0 bridgehead atoms. The van der Waals surface area contributed by atoms with Crippen molar-refractivity contribution in [3.05, 3.63) is 33.3 Å². The summed E-state index contributed by atoms with van der Waals surface area (Å²) in [5.41, 5.74) is 0.327. The molecule has 0 saturated carbocycles. The minimum absolute atomic E-state index is 0.226. The number of nitrogens with zero attached hydrogens (tertiary/aromatic N) is 1. The Morgan fingerprint density at radius 3 is 2.61 bits per heavy atom. The highest BCUT2D eigenvalue weighted by molar-refractivity contribution is 9.10. The summed E-state index contributed by atoms with van der Waals surface area (Å²) >= 11 is 12.1. The van der Waals surface area contributed by atoms with Crippen LogP contribution < -0.4 is 0 Å². The molecule has 1 amide bonds. The van der Waals surface area contributed by atoms with Crippen molar-refractivity contribution in [2.45, 2.75) is 6.43 Å². The third-order valence-electron chi connectivity index (χ3n) is 2.17. The van der Waals surface area contributed by atoms with Crippen molar-refractivity contribution >= 4 is 49.4 Å². The maximum absolute atomic E-state index is 12.4. The molecule has 0 spiro atoms. The zero-order valence-corrected chi connectivity index (χ0v) is 13.1. The van der Waals surface area contributed by atoms with Gasteiger partial charge in [-0.05, 0) is 34.1 Å². The van der Waals surface area contributed by atoms with E-state index in [0.717, 1.165) is 4.90 Å². The number of carbonyl (C=O) groups is 1. The molecule has 0 aliphatic rings. The number of alkyl halides is 3. The fourth-order valence-corrected chi connectivity index (χ4v) is 2.28. The number of halogens is 5. The van der Waals surface area contributed by atoms with Crippen LogP contribution in [-0.2, 0) is 0 Å². The molecule has 0 heterocycles. The van der Waals surface area contributed by atoms with Gasteiger partial charge in [0.15, 0.2) is 0 Å². The summed E-state index contributed by atoms with van der Waals surface area (Å²) in [6.45, 7) is -0.353. The Kier molecular flexibility index (Phi) is 6.52. The van der Waals surface area contributed by atoms with E-state index in [2.05, 4.69) is 31.9 Å². The molecule has 1 rings (SSSR count). The molecule has 7 heteroatoms. The molecule has 0 radical (unpaired) electrons. The van der Waals surface area contributed by atoms with Gasteiger partial charge in [0.25, 0.3) is 12.3 Å².